The van der Waals surface area contributed by atoms with Crippen molar-refractivity contribution in [3.05, 3.63) is 69.4 Å². The Morgan fingerprint density at radius 3 is 2.58 bits per heavy atom. The Kier molecular flexibility index (Phi) is 4.32. The first-order valence-corrected chi connectivity index (χ1v) is 6.53. The number of aryl methyl sites for hydroxylation is 1. The molecule has 4 heteroatoms. The van der Waals surface area contributed by atoms with Gasteiger partial charge in [-0.3, -0.25) is 0 Å². The van der Waals surface area contributed by atoms with E-state index in [9.17, 15) is 9.18 Å². The van der Waals surface area contributed by atoms with Crippen LogP contribution in [0.5, 0.6) is 0 Å². The maximum Gasteiger partial charge on any atom is 0.341 e. The van der Waals surface area contributed by atoms with Crippen LogP contribution in [0.4, 0.5) is 4.39 Å². The fourth-order valence-corrected chi connectivity index (χ4v) is 1.87. The van der Waals surface area contributed by atoms with Crippen molar-refractivity contribution >= 4 is 21.9 Å². The second kappa shape index (κ2) is 5.97. The molecule has 0 N–H and O–H groups in total. The standard InChI is InChI=1S/C15H12BrFO2/c1-10-2-7-14(17)13(8-10)15(18)19-9-11-3-5-12(16)6-4-11/h2-8H,9H2,1H3. The van der Waals surface area contributed by atoms with Gasteiger partial charge in [-0.05, 0) is 36.8 Å². The topological polar surface area (TPSA) is 26.3 Å². The monoisotopic (exact) mass is 322 g/mol. The van der Waals surface area contributed by atoms with Crippen LogP contribution in [-0.4, -0.2) is 5.97 Å². The summed E-state index contributed by atoms with van der Waals surface area (Å²) in [4.78, 5) is 11.8. The molecule has 19 heavy (non-hydrogen) atoms. The van der Waals surface area contributed by atoms with E-state index in [1.54, 1.807) is 13.0 Å². The third-order valence-corrected chi connectivity index (χ3v) is 3.15. The van der Waals surface area contributed by atoms with Gasteiger partial charge in [-0.25, -0.2) is 9.18 Å². The Balaban J connectivity index is 2.05. The van der Waals surface area contributed by atoms with Crippen LogP contribution in [0.2, 0.25) is 0 Å². The van der Waals surface area contributed by atoms with Crippen LogP contribution in [0.15, 0.2) is 46.9 Å². The Morgan fingerprint density at radius 1 is 1.21 bits per heavy atom. The Labute approximate surface area is 119 Å². The lowest BCUT2D eigenvalue weighted by atomic mass is 10.1. The van der Waals surface area contributed by atoms with Crippen LogP contribution in [0.25, 0.3) is 0 Å². The molecule has 0 aliphatic rings. The molecule has 98 valence electrons. The molecule has 0 radical (unpaired) electrons. The zero-order chi connectivity index (χ0) is 13.8. The van der Waals surface area contributed by atoms with E-state index in [0.717, 1.165) is 15.6 Å². The molecule has 0 amide bonds. The molecule has 2 rings (SSSR count). The molecule has 0 saturated carbocycles. The smallest absolute Gasteiger partial charge is 0.341 e. The van der Waals surface area contributed by atoms with Crippen LogP contribution in [0.3, 0.4) is 0 Å². The van der Waals surface area contributed by atoms with E-state index >= 15 is 0 Å². The van der Waals surface area contributed by atoms with Crippen molar-refractivity contribution in [3.63, 3.8) is 0 Å². The minimum Gasteiger partial charge on any atom is -0.457 e. The first-order chi connectivity index (χ1) is 9.06. The summed E-state index contributed by atoms with van der Waals surface area (Å²) < 4.78 is 19.5. The normalized spacial score (nSPS) is 10.3. The van der Waals surface area contributed by atoms with Gasteiger partial charge in [0.15, 0.2) is 0 Å². The third-order valence-electron chi connectivity index (χ3n) is 2.62. The molecule has 0 saturated heterocycles. The molecule has 0 atom stereocenters. The summed E-state index contributed by atoms with van der Waals surface area (Å²) >= 11 is 3.32. The van der Waals surface area contributed by atoms with Gasteiger partial charge < -0.3 is 4.74 Å². The van der Waals surface area contributed by atoms with Gasteiger partial charge in [0.1, 0.15) is 12.4 Å². The first-order valence-electron chi connectivity index (χ1n) is 5.74. The summed E-state index contributed by atoms with van der Waals surface area (Å²) in [5.41, 5.74) is 1.64. The van der Waals surface area contributed by atoms with Gasteiger partial charge in [0, 0.05) is 4.47 Å². The lowest BCUT2D eigenvalue weighted by molar-refractivity contribution is 0.0467. The average molecular weight is 323 g/mol. The van der Waals surface area contributed by atoms with E-state index in [1.807, 2.05) is 24.3 Å². The number of carbonyl (C=O) groups is 1. The van der Waals surface area contributed by atoms with Crippen molar-refractivity contribution in [2.24, 2.45) is 0 Å². The number of hydrogen-bond acceptors (Lipinski definition) is 2. The SMILES string of the molecule is Cc1ccc(F)c(C(=O)OCc2ccc(Br)cc2)c1. The molecule has 0 aromatic heterocycles. The summed E-state index contributed by atoms with van der Waals surface area (Å²) in [5, 5.41) is 0. The molecule has 2 nitrogen and oxygen atoms in total. The summed E-state index contributed by atoms with van der Waals surface area (Å²) in [5.74, 6) is -1.21. The highest BCUT2D eigenvalue weighted by molar-refractivity contribution is 9.10. The lowest BCUT2D eigenvalue weighted by Crippen LogP contribution is -2.07. The molecule has 0 unspecified atom stereocenters. The van der Waals surface area contributed by atoms with Gasteiger partial charge in [-0.15, -0.1) is 0 Å². The van der Waals surface area contributed by atoms with Crippen molar-refractivity contribution in [1.29, 1.82) is 0 Å². The van der Waals surface area contributed by atoms with Crippen LogP contribution >= 0.6 is 15.9 Å². The van der Waals surface area contributed by atoms with Crippen molar-refractivity contribution < 1.29 is 13.9 Å². The molecule has 2 aromatic rings. The highest BCUT2D eigenvalue weighted by atomic mass is 79.9. The number of hydrogen-bond donors (Lipinski definition) is 0. The maximum absolute atomic E-state index is 13.5. The number of halogens is 2. The zero-order valence-electron chi connectivity index (χ0n) is 10.3. The van der Waals surface area contributed by atoms with E-state index in [0.29, 0.717) is 0 Å². The number of carbonyl (C=O) groups excluding carboxylic acids is 1. The summed E-state index contributed by atoms with van der Waals surface area (Å²) in [6, 6.07) is 11.8. The van der Waals surface area contributed by atoms with Gasteiger partial charge in [0.05, 0.1) is 5.56 Å². The number of benzene rings is 2. The van der Waals surface area contributed by atoms with Crippen LogP contribution in [0, 0.1) is 12.7 Å². The predicted molar refractivity (Wildman–Crippen MR) is 74.4 cm³/mol. The van der Waals surface area contributed by atoms with Crippen molar-refractivity contribution in [3.8, 4) is 0 Å². The van der Waals surface area contributed by atoms with Gasteiger partial charge in [0.25, 0.3) is 0 Å². The fourth-order valence-electron chi connectivity index (χ4n) is 1.60. The number of esters is 1. The van der Waals surface area contributed by atoms with Crippen molar-refractivity contribution in [2.45, 2.75) is 13.5 Å². The predicted octanol–water partition coefficient (Wildman–Crippen LogP) is 4.25. The third kappa shape index (κ3) is 3.64. The number of rotatable bonds is 3. The largest absolute Gasteiger partial charge is 0.457 e. The molecule has 0 bridgehead atoms. The van der Waals surface area contributed by atoms with E-state index in [-0.39, 0.29) is 12.2 Å². The fraction of sp³-hybridized carbons (Fsp3) is 0.133. The zero-order valence-corrected chi connectivity index (χ0v) is 11.9. The maximum atomic E-state index is 13.5. The van der Waals surface area contributed by atoms with Crippen LogP contribution < -0.4 is 0 Å². The Hall–Kier alpha value is -1.68. The van der Waals surface area contributed by atoms with Gasteiger partial charge in [0.2, 0.25) is 0 Å². The highest BCUT2D eigenvalue weighted by Crippen LogP contribution is 2.14. The molecule has 0 spiro atoms. The van der Waals surface area contributed by atoms with Crippen molar-refractivity contribution in [1.82, 2.24) is 0 Å². The van der Waals surface area contributed by atoms with Crippen molar-refractivity contribution in [2.75, 3.05) is 0 Å². The Bertz CT molecular complexity index is 594. The first kappa shape index (κ1) is 13.7. The van der Waals surface area contributed by atoms with Gasteiger partial charge in [-0.1, -0.05) is 39.7 Å². The van der Waals surface area contributed by atoms with E-state index in [4.69, 9.17) is 4.74 Å². The second-order valence-corrected chi connectivity index (χ2v) is 5.10. The minimum atomic E-state index is -0.649. The minimum absolute atomic E-state index is 0.0305. The number of ether oxygens (including phenoxy) is 1. The van der Waals surface area contributed by atoms with E-state index < -0.39 is 11.8 Å². The van der Waals surface area contributed by atoms with E-state index in [1.165, 1.54) is 12.1 Å². The average Bonchev–Trinajstić information content (AvgIpc) is 2.40. The van der Waals surface area contributed by atoms with Gasteiger partial charge >= 0.3 is 5.97 Å². The lowest BCUT2D eigenvalue weighted by Gasteiger charge is -2.06. The molecule has 0 aliphatic heterocycles. The van der Waals surface area contributed by atoms with Crippen LogP contribution in [0.1, 0.15) is 21.5 Å². The molecule has 2 aromatic carbocycles. The summed E-state index contributed by atoms with van der Waals surface area (Å²) in [6.45, 7) is 1.92. The quantitative estimate of drug-likeness (QED) is 0.789. The van der Waals surface area contributed by atoms with Gasteiger partial charge in [-0.2, -0.15) is 0 Å². The molecule has 0 heterocycles. The summed E-state index contributed by atoms with van der Waals surface area (Å²) in [7, 11) is 0. The van der Waals surface area contributed by atoms with Crippen LogP contribution in [-0.2, 0) is 11.3 Å². The summed E-state index contributed by atoms with van der Waals surface area (Å²) in [6.07, 6.45) is 0. The Morgan fingerprint density at radius 2 is 1.89 bits per heavy atom. The molecule has 0 fully saturated rings. The molecule has 0 aliphatic carbocycles. The van der Waals surface area contributed by atoms with E-state index in [2.05, 4.69) is 15.9 Å². The highest BCUT2D eigenvalue weighted by Gasteiger charge is 2.13. The molecular formula is C15H12BrFO2. The molecular weight excluding hydrogens is 311 g/mol. The second-order valence-electron chi connectivity index (χ2n) is 4.19.